The molecule has 0 atom stereocenters. The van der Waals surface area contributed by atoms with Gasteiger partial charge in [-0.05, 0) is 0 Å². The summed E-state index contributed by atoms with van der Waals surface area (Å²) >= 11 is -1.38. The van der Waals surface area contributed by atoms with Gasteiger partial charge in [-0.25, -0.2) is 4.20 Å². The van der Waals surface area contributed by atoms with Gasteiger partial charge in [0.15, 0.2) is 0 Å². The number of halogens is 3. The number of hydrogen-bond donors (Lipinski definition) is 0. The molecular formula is F3Na2NiO3P. The van der Waals surface area contributed by atoms with Gasteiger partial charge in [0, 0.05) is 0 Å². The van der Waals surface area contributed by atoms with Gasteiger partial charge in [-0.2, -0.15) is 0 Å². The molecule has 0 rings (SSSR count). The molecule has 0 amide bonds. The van der Waals surface area contributed by atoms with E-state index in [1.54, 1.807) is 0 Å². The van der Waals surface area contributed by atoms with E-state index in [9.17, 15) is 11.4 Å². The molecule has 0 bridgehead atoms. The molecule has 0 N–H and O–H groups in total. The van der Waals surface area contributed by atoms with E-state index in [0.29, 0.717) is 0 Å². The summed E-state index contributed by atoms with van der Waals surface area (Å²) in [6, 6.07) is 0. The molecule has 0 heterocycles. The minimum absolute atomic E-state index is 0. The Bertz CT molecular complexity index is 77.6. The van der Waals surface area contributed by atoms with Crippen LogP contribution in [0.15, 0.2) is 0 Å². The van der Waals surface area contributed by atoms with Crippen LogP contribution in [0, 0.1) is 0 Å². The van der Waals surface area contributed by atoms with Crippen molar-refractivity contribution in [1.29, 1.82) is 0 Å². The second-order valence-corrected chi connectivity index (χ2v) is 1.48. The first-order valence-electron chi connectivity index (χ1n) is 0.956. The van der Waals surface area contributed by atoms with E-state index in [4.69, 9.17) is 14.4 Å². The molecule has 0 saturated carbocycles. The van der Waals surface area contributed by atoms with E-state index in [-0.39, 0.29) is 59.1 Å². The second kappa shape index (κ2) is 14.0. The zero-order valence-electron chi connectivity index (χ0n) is 5.12. The Balaban J connectivity index is -0.0000000326. The monoisotopic (exact) mass is 240 g/mol. The fourth-order valence-electron chi connectivity index (χ4n) is 0. The molecule has 10 heteroatoms. The van der Waals surface area contributed by atoms with Crippen molar-refractivity contribution >= 4 is 7.91 Å². The normalized spacial score (nSPS) is 8.10. The SMILES string of the molecule is O=P([O-])([O-])F.[F][Ni][F].[Na+].[Na+]. The number of rotatable bonds is 0. The summed E-state index contributed by atoms with van der Waals surface area (Å²) in [5, 5.41) is 0. The fourth-order valence-corrected chi connectivity index (χ4v) is 0. The van der Waals surface area contributed by atoms with E-state index in [1.165, 1.54) is 0 Å². The van der Waals surface area contributed by atoms with Crippen molar-refractivity contribution in [3.8, 4) is 0 Å². The smallest absolute Gasteiger partial charge is 1.00 e. The molecule has 10 heavy (non-hydrogen) atoms. The van der Waals surface area contributed by atoms with Crippen LogP contribution in [-0.2, 0) is 19.9 Å². The molecule has 0 fully saturated rings. The third-order valence-corrected chi connectivity index (χ3v) is 0. The molecule has 0 aromatic carbocycles. The second-order valence-electron chi connectivity index (χ2n) is 0.476. The van der Waals surface area contributed by atoms with Crippen molar-refractivity contribution in [3.63, 3.8) is 0 Å². The van der Waals surface area contributed by atoms with Crippen LogP contribution in [0.1, 0.15) is 0 Å². The van der Waals surface area contributed by atoms with Gasteiger partial charge < -0.3 is 14.4 Å². The zero-order valence-corrected chi connectivity index (χ0v) is 11.0. The molecule has 56 valence electrons. The minimum atomic E-state index is -5.64. The fraction of sp³-hybridized carbons (Fsp3) is 0. The van der Waals surface area contributed by atoms with Crippen LogP contribution in [0.4, 0.5) is 11.4 Å². The van der Waals surface area contributed by atoms with Gasteiger partial charge in [0.1, 0.15) is 7.91 Å². The molecule has 0 aliphatic heterocycles. The molecule has 0 unspecified atom stereocenters. The predicted molar refractivity (Wildman–Crippen MR) is 10.9 cm³/mol. The molecule has 0 radical (unpaired) electrons. The van der Waals surface area contributed by atoms with Crippen molar-refractivity contribution in [1.82, 2.24) is 0 Å². The Labute approximate surface area is 107 Å². The van der Waals surface area contributed by atoms with Crippen LogP contribution in [0.3, 0.4) is 0 Å². The van der Waals surface area contributed by atoms with Crippen LogP contribution in [0.5, 0.6) is 0 Å². The summed E-state index contributed by atoms with van der Waals surface area (Å²) in [5.74, 6) is 0. The Morgan fingerprint density at radius 2 is 1.20 bits per heavy atom. The number of hydrogen-bond acceptors (Lipinski definition) is 3. The summed E-state index contributed by atoms with van der Waals surface area (Å²) in [6.07, 6.45) is 0. The summed E-state index contributed by atoms with van der Waals surface area (Å²) < 4.78 is 37.7. The molecule has 0 spiro atoms. The van der Waals surface area contributed by atoms with Gasteiger partial charge in [-0.1, -0.05) is 0 Å². The van der Waals surface area contributed by atoms with E-state index in [1.807, 2.05) is 0 Å². The average molecular weight is 241 g/mol. The van der Waals surface area contributed by atoms with Crippen molar-refractivity contribution in [2.75, 3.05) is 0 Å². The third kappa shape index (κ3) is 157. The van der Waals surface area contributed by atoms with Gasteiger partial charge in [0.2, 0.25) is 0 Å². The van der Waals surface area contributed by atoms with E-state index in [0.717, 1.165) is 0 Å². The van der Waals surface area contributed by atoms with Gasteiger partial charge in [-0.3, -0.25) is 0 Å². The topological polar surface area (TPSA) is 63.2 Å². The van der Waals surface area contributed by atoms with Gasteiger partial charge in [0.05, 0.1) is 0 Å². The van der Waals surface area contributed by atoms with Crippen LogP contribution in [0.25, 0.3) is 0 Å². The van der Waals surface area contributed by atoms with Gasteiger partial charge in [-0.15, -0.1) is 0 Å². The van der Waals surface area contributed by atoms with Crippen molar-refractivity contribution < 1.29 is 100 Å². The quantitative estimate of drug-likeness (QED) is 0.313. The zero-order chi connectivity index (χ0) is 7.21. The van der Waals surface area contributed by atoms with Crippen LogP contribution >= 0.6 is 7.91 Å². The van der Waals surface area contributed by atoms with Crippen LogP contribution in [-0.4, -0.2) is 0 Å². The van der Waals surface area contributed by atoms with Crippen molar-refractivity contribution in [2.45, 2.75) is 0 Å². The summed E-state index contributed by atoms with van der Waals surface area (Å²) in [5.41, 5.74) is 0. The van der Waals surface area contributed by atoms with Gasteiger partial charge in [0.25, 0.3) is 0 Å². The first-order valence-corrected chi connectivity index (χ1v) is 3.14. The summed E-state index contributed by atoms with van der Waals surface area (Å²) in [7, 11) is -5.64. The maximum atomic E-state index is 10.1. The average Bonchev–Trinajstić information content (AvgIpc) is 1.27. The minimum Gasteiger partial charge on any atom is 1.00 e. The molecule has 0 aliphatic carbocycles. The van der Waals surface area contributed by atoms with E-state index >= 15 is 0 Å². The molecule has 0 aliphatic rings. The molecule has 0 aromatic heterocycles. The standard InChI is InChI=1S/FH2O3P.2FH.2Na.Ni/c1-5(2,3)4;;;;;/h(H2,2,3,4);2*1H;;;/q;;;2*+1;+2/p-4. The summed E-state index contributed by atoms with van der Waals surface area (Å²) in [6.45, 7) is 0. The Morgan fingerprint density at radius 3 is 1.20 bits per heavy atom. The first kappa shape index (κ1) is 22.9. The van der Waals surface area contributed by atoms with Crippen LogP contribution in [0.2, 0.25) is 0 Å². The largest absolute Gasteiger partial charge is 1.00 e. The Kier molecular flexibility index (Phi) is 32.0. The van der Waals surface area contributed by atoms with E-state index < -0.39 is 23.2 Å². The van der Waals surface area contributed by atoms with E-state index in [2.05, 4.69) is 0 Å². The molecule has 3 nitrogen and oxygen atoms in total. The Morgan fingerprint density at radius 1 is 1.20 bits per heavy atom. The maximum absolute atomic E-state index is 10.1. The summed E-state index contributed by atoms with van der Waals surface area (Å²) in [4.78, 5) is 16.9. The van der Waals surface area contributed by atoms with Gasteiger partial charge >= 0.3 is 81.7 Å². The predicted octanol–water partition coefficient (Wildman–Crippen LogP) is -6.37. The maximum Gasteiger partial charge on any atom is 1.00 e. The molecular weight excluding hydrogens is 241 g/mol. The van der Waals surface area contributed by atoms with Crippen molar-refractivity contribution in [3.05, 3.63) is 0 Å². The molecule has 0 saturated heterocycles. The third-order valence-electron chi connectivity index (χ3n) is 0. The van der Waals surface area contributed by atoms with Crippen LogP contribution < -0.4 is 68.9 Å². The Hall–Kier alpha value is 2.43. The first-order chi connectivity index (χ1) is 3.41. The molecule has 0 aromatic rings. The van der Waals surface area contributed by atoms with Crippen molar-refractivity contribution in [2.24, 2.45) is 0 Å².